The van der Waals surface area contributed by atoms with Crippen molar-refractivity contribution in [1.82, 2.24) is 5.43 Å². The van der Waals surface area contributed by atoms with Crippen LogP contribution in [0.3, 0.4) is 0 Å². The van der Waals surface area contributed by atoms with Gasteiger partial charge in [-0.1, -0.05) is 57.2 Å². The summed E-state index contributed by atoms with van der Waals surface area (Å²) in [6.45, 7) is 6.54. The molecule has 1 aliphatic carbocycles. The number of carbonyl (C=O) groups excluding carboxylic acids is 1. The molecular weight excluding hydrogens is 406 g/mol. The number of carbonyl (C=O) groups is 1. The van der Waals surface area contributed by atoms with Crippen LogP contribution < -0.4 is 5.43 Å². The summed E-state index contributed by atoms with van der Waals surface area (Å²) >= 11 is 0. The minimum absolute atomic E-state index is 0.00610. The molecule has 1 N–H and O–H groups in total. The zero-order valence-electron chi connectivity index (χ0n) is 18.2. The van der Waals surface area contributed by atoms with E-state index in [2.05, 4.69) is 55.6 Å². The third-order valence-corrected chi connectivity index (χ3v) is 5.67. The van der Waals surface area contributed by atoms with Gasteiger partial charge in [0.25, 0.3) is 5.69 Å². The second-order valence-electron chi connectivity index (χ2n) is 9.06. The predicted octanol–water partition coefficient (Wildman–Crippen LogP) is 5.41. The second kappa shape index (κ2) is 8.42. The quantitative estimate of drug-likeness (QED) is 0.321. The largest absolute Gasteiger partial charge is 0.455 e. The van der Waals surface area contributed by atoms with Crippen molar-refractivity contribution in [3.63, 3.8) is 0 Å². The summed E-state index contributed by atoms with van der Waals surface area (Å²) in [6.07, 6.45) is 2.24. The van der Waals surface area contributed by atoms with E-state index in [1.165, 1.54) is 29.5 Å². The van der Waals surface area contributed by atoms with Gasteiger partial charge in [0.1, 0.15) is 11.5 Å². The van der Waals surface area contributed by atoms with E-state index in [9.17, 15) is 14.9 Å². The minimum Gasteiger partial charge on any atom is -0.455 e. The molecule has 1 heterocycles. The third kappa shape index (κ3) is 4.77. The molecule has 0 saturated heterocycles. The Hall–Kier alpha value is -3.74. The Kier molecular flexibility index (Phi) is 5.65. The van der Waals surface area contributed by atoms with E-state index in [1.54, 1.807) is 24.3 Å². The minimum atomic E-state index is -0.450. The molecule has 3 aromatic rings. The van der Waals surface area contributed by atoms with E-state index in [1.807, 2.05) is 0 Å². The van der Waals surface area contributed by atoms with Crippen LogP contribution in [0, 0.1) is 16.0 Å². The molecule has 0 spiro atoms. The Bertz CT molecular complexity index is 1170. The Morgan fingerprint density at radius 3 is 2.59 bits per heavy atom. The number of non-ortho nitro benzene ring substituents is 1. The first kappa shape index (κ1) is 21.5. The van der Waals surface area contributed by atoms with Crippen molar-refractivity contribution in [2.45, 2.75) is 38.5 Å². The maximum atomic E-state index is 12.4. The summed E-state index contributed by atoms with van der Waals surface area (Å²) in [5.41, 5.74) is 5.73. The number of nitrogens with zero attached hydrogens (tertiary/aromatic N) is 2. The summed E-state index contributed by atoms with van der Waals surface area (Å²) in [7, 11) is 0. The number of nitrogens with one attached hydrogen (secondary N) is 1. The molecule has 1 fully saturated rings. The average Bonchev–Trinajstić information content (AvgIpc) is 3.44. The highest BCUT2D eigenvalue weighted by atomic mass is 16.6. The van der Waals surface area contributed by atoms with E-state index in [0.717, 1.165) is 6.42 Å². The van der Waals surface area contributed by atoms with E-state index < -0.39 is 4.92 Å². The number of hydrogen-bond donors (Lipinski definition) is 1. The molecule has 0 radical (unpaired) electrons. The van der Waals surface area contributed by atoms with Crippen molar-refractivity contribution in [2.75, 3.05) is 0 Å². The van der Waals surface area contributed by atoms with Crippen LogP contribution >= 0.6 is 0 Å². The lowest BCUT2D eigenvalue weighted by molar-refractivity contribution is -0.384. The van der Waals surface area contributed by atoms with Crippen LogP contribution in [-0.2, 0) is 10.2 Å². The number of benzene rings is 2. The van der Waals surface area contributed by atoms with Crippen LogP contribution in [0.25, 0.3) is 11.3 Å². The first-order valence-corrected chi connectivity index (χ1v) is 10.5. The molecule has 7 heteroatoms. The molecule has 2 atom stereocenters. The maximum absolute atomic E-state index is 12.4. The van der Waals surface area contributed by atoms with Gasteiger partial charge >= 0.3 is 0 Å². The third-order valence-electron chi connectivity index (χ3n) is 5.67. The van der Waals surface area contributed by atoms with Gasteiger partial charge in [-0.2, -0.15) is 5.10 Å². The summed E-state index contributed by atoms with van der Waals surface area (Å²) in [5.74, 6) is 0.962. The lowest BCUT2D eigenvalue weighted by Crippen LogP contribution is -2.20. The van der Waals surface area contributed by atoms with Crippen LogP contribution in [-0.4, -0.2) is 17.0 Å². The first-order chi connectivity index (χ1) is 15.2. The maximum Gasteiger partial charge on any atom is 0.270 e. The van der Waals surface area contributed by atoms with Crippen molar-refractivity contribution in [1.29, 1.82) is 0 Å². The molecule has 32 heavy (non-hydrogen) atoms. The van der Waals surface area contributed by atoms with Gasteiger partial charge in [-0.3, -0.25) is 14.9 Å². The van der Waals surface area contributed by atoms with E-state index in [0.29, 0.717) is 17.1 Å². The highest BCUT2D eigenvalue weighted by Crippen LogP contribution is 2.47. The number of hydrogen-bond acceptors (Lipinski definition) is 5. The number of rotatable bonds is 6. The summed E-state index contributed by atoms with van der Waals surface area (Å²) in [6, 6.07) is 18.1. The molecule has 1 aromatic heterocycles. The zero-order chi connectivity index (χ0) is 22.9. The van der Waals surface area contributed by atoms with Crippen LogP contribution in [0.15, 0.2) is 70.2 Å². The molecule has 0 unspecified atom stereocenters. The Morgan fingerprint density at radius 2 is 1.91 bits per heavy atom. The lowest BCUT2D eigenvalue weighted by Gasteiger charge is -2.19. The molecule has 1 aliphatic rings. The van der Waals surface area contributed by atoms with Crippen LogP contribution in [0.2, 0.25) is 0 Å². The topological polar surface area (TPSA) is 97.7 Å². The van der Waals surface area contributed by atoms with Gasteiger partial charge in [0.15, 0.2) is 0 Å². The number of amides is 1. The molecule has 4 rings (SSSR count). The normalized spacial score (nSPS) is 18.0. The number of nitro benzene ring substituents is 1. The Balaban J connectivity index is 1.33. The zero-order valence-corrected chi connectivity index (χ0v) is 18.2. The fourth-order valence-electron chi connectivity index (χ4n) is 3.68. The second-order valence-corrected chi connectivity index (χ2v) is 9.06. The highest BCUT2D eigenvalue weighted by molar-refractivity contribution is 5.85. The SMILES string of the molecule is CC(C)(C)c1ccc([C@H]2C[C@H]2C(=O)N/N=C/c2ccc(-c3cccc([N+](=O)[O-])c3)o2)cc1. The molecular formula is C25H25N3O4. The molecule has 2 aromatic carbocycles. The molecule has 0 bridgehead atoms. The fraction of sp³-hybridized carbons (Fsp3) is 0.280. The smallest absolute Gasteiger partial charge is 0.270 e. The van der Waals surface area contributed by atoms with Crippen molar-refractivity contribution < 1.29 is 14.1 Å². The van der Waals surface area contributed by atoms with Crippen LogP contribution in [0.5, 0.6) is 0 Å². The van der Waals surface area contributed by atoms with Crippen LogP contribution in [0.4, 0.5) is 5.69 Å². The van der Waals surface area contributed by atoms with Gasteiger partial charge in [-0.15, -0.1) is 0 Å². The van der Waals surface area contributed by atoms with Crippen molar-refractivity contribution >= 4 is 17.8 Å². The molecule has 0 aliphatic heterocycles. The van der Waals surface area contributed by atoms with E-state index in [4.69, 9.17) is 4.42 Å². The Labute approximate surface area is 186 Å². The van der Waals surface area contributed by atoms with E-state index in [-0.39, 0.29) is 28.8 Å². The average molecular weight is 431 g/mol. The van der Waals surface area contributed by atoms with Gasteiger partial charge in [-0.25, -0.2) is 5.43 Å². The first-order valence-electron chi connectivity index (χ1n) is 10.5. The highest BCUT2D eigenvalue weighted by Gasteiger charge is 2.44. The standard InChI is InChI=1S/C25H25N3O4/c1-25(2,3)18-9-7-16(8-10-18)21-14-22(21)24(29)27-26-15-20-11-12-23(32-20)17-5-4-6-19(13-17)28(30)31/h4-13,15,21-22H,14H2,1-3H3,(H,27,29)/b26-15+/t21-,22-/m1/s1. The molecule has 164 valence electrons. The fourth-order valence-corrected chi connectivity index (χ4v) is 3.68. The van der Waals surface area contributed by atoms with Crippen molar-refractivity contribution in [2.24, 2.45) is 11.0 Å². The van der Waals surface area contributed by atoms with Gasteiger partial charge < -0.3 is 4.42 Å². The van der Waals surface area contributed by atoms with E-state index >= 15 is 0 Å². The van der Waals surface area contributed by atoms with Gasteiger partial charge in [-0.05, 0) is 41.0 Å². The summed E-state index contributed by atoms with van der Waals surface area (Å²) in [4.78, 5) is 22.9. The Morgan fingerprint density at radius 1 is 1.16 bits per heavy atom. The molecule has 1 saturated carbocycles. The van der Waals surface area contributed by atoms with Crippen molar-refractivity contribution in [3.8, 4) is 11.3 Å². The molecule has 7 nitrogen and oxygen atoms in total. The molecule has 1 amide bonds. The van der Waals surface area contributed by atoms with Crippen molar-refractivity contribution in [3.05, 3.63) is 87.7 Å². The summed E-state index contributed by atoms with van der Waals surface area (Å²) < 4.78 is 5.67. The van der Waals surface area contributed by atoms with Gasteiger partial charge in [0.05, 0.1) is 11.1 Å². The number of hydrazone groups is 1. The van der Waals surface area contributed by atoms with Gasteiger partial charge in [0.2, 0.25) is 5.91 Å². The number of furan rings is 1. The summed E-state index contributed by atoms with van der Waals surface area (Å²) in [5, 5.41) is 14.9. The lowest BCUT2D eigenvalue weighted by atomic mass is 9.86. The predicted molar refractivity (Wildman–Crippen MR) is 123 cm³/mol. The number of nitro groups is 1. The monoisotopic (exact) mass is 431 g/mol. The van der Waals surface area contributed by atoms with Gasteiger partial charge in [0, 0.05) is 23.6 Å². The van der Waals surface area contributed by atoms with Crippen LogP contribution in [0.1, 0.15) is 50.0 Å².